The van der Waals surface area contributed by atoms with E-state index in [4.69, 9.17) is 27.9 Å². The Morgan fingerprint density at radius 1 is 1.21 bits per heavy atom. The van der Waals surface area contributed by atoms with Crippen molar-refractivity contribution in [3.63, 3.8) is 0 Å². The molecule has 2 unspecified atom stereocenters. The maximum Gasteiger partial charge on any atom is 0.257 e. The zero-order valence-electron chi connectivity index (χ0n) is 21.2. The number of ether oxygens (including phenoxy) is 1. The number of hydrogen-bond donors (Lipinski definition) is 2. The van der Waals surface area contributed by atoms with Crippen molar-refractivity contribution >= 4 is 45.7 Å². The van der Waals surface area contributed by atoms with Gasteiger partial charge in [0.15, 0.2) is 11.6 Å². The van der Waals surface area contributed by atoms with Crippen LogP contribution in [0.3, 0.4) is 0 Å². The monoisotopic (exact) mass is 564 g/mol. The zero-order valence-corrected chi connectivity index (χ0v) is 22.7. The molecule has 3 aromatic rings. The molecule has 2 fully saturated rings. The van der Waals surface area contributed by atoms with E-state index >= 15 is 4.39 Å². The van der Waals surface area contributed by atoms with E-state index in [1.807, 2.05) is 18.7 Å². The van der Waals surface area contributed by atoms with Crippen LogP contribution in [0.1, 0.15) is 42.2 Å². The van der Waals surface area contributed by atoms with Crippen molar-refractivity contribution in [1.82, 2.24) is 15.2 Å². The highest BCUT2D eigenvalue weighted by atomic mass is 35.5. The number of benzene rings is 2. The molecule has 1 amide bonds. The van der Waals surface area contributed by atoms with Gasteiger partial charge in [0.2, 0.25) is 5.43 Å². The predicted octanol–water partition coefficient (Wildman–Crippen LogP) is 4.86. The summed E-state index contributed by atoms with van der Waals surface area (Å²) in [6, 6.07) is 5.59. The third kappa shape index (κ3) is 4.95. The smallest absolute Gasteiger partial charge is 0.257 e. The number of piperazine rings is 1. The summed E-state index contributed by atoms with van der Waals surface area (Å²) in [5.41, 5.74) is 0.209. The Labute approximate surface area is 228 Å². The number of nitrogens with one attached hydrogen (secondary N) is 2. The molecule has 1 aliphatic heterocycles. The first kappa shape index (κ1) is 26.7. The number of anilines is 1. The number of rotatable bonds is 6. The molecule has 1 saturated heterocycles. The van der Waals surface area contributed by atoms with E-state index in [2.05, 4.69) is 10.6 Å². The van der Waals surface area contributed by atoms with Crippen LogP contribution >= 0.6 is 23.2 Å². The van der Waals surface area contributed by atoms with Gasteiger partial charge in [-0.15, -0.1) is 0 Å². The van der Waals surface area contributed by atoms with Crippen molar-refractivity contribution < 1.29 is 18.3 Å². The minimum absolute atomic E-state index is 0.0391. The van der Waals surface area contributed by atoms with Crippen LogP contribution in [0, 0.1) is 5.82 Å². The van der Waals surface area contributed by atoms with Crippen LogP contribution in [0.2, 0.25) is 10.0 Å². The predicted molar refractivity (Wildman–Crippen MR) is 145 cm³/mol. The quantitative estimate of drug-likeness (QED) is 0.447. The summed E-state index contributed by atoms with van der Waals surface area (Å²) in [6.45, 7) is 5.10. The molecule has 5 rings (SSSR count). The molecule has 202 valence electrons. The number of carbonyl (C=O) groups excluding carboxylic acids is 1. The summed E-state index contributed by atoms with van der Waals surface area (Å²) in [4.78, 5) is 28.5. The van der Waals surface area contributed by atoms with Crippen LogP contribution in [0.15, 0.2) is 35.3 Å². The largest absolute Gasteiger partial charge is 0.492 e. The maximum absolute atomic E-state index is 15.7. The minimum Gasteiger partial charge on any atom is -0.492 e. The number of halogens is 4. The molecule has 1 aliphatic carbocycles. The third-order valence-corrected chi connectivity index (χ3v) is 7.60. The fourth-order valence-corrected chi connectivity index (χ4v) is 5.71. The lowest BCUT2D eigenvalue weighted by atomic mass is 10.1. The SMILES string of the molecule is COc1c(N2CC(C)NC(C)C2)c(F)cc2c(=O)c(C(=O)NCc3ccc(Cl)cc3Cl)cn([C@@H]3C[C@@H]3F)c12. The Morgan fingerprint density at radius 2 is 1.89 bits per heavy atom. The topological polar surface area (TPSA) is 75.6 Å². The number of fused-ring (bicyclic) bond motifs is 1. The van der Waals surface area contributed by atoms with Crippen LogP contribution in [-0.4, -0.2) is 48.9 Å². The second-order valence-corrected chi connectivity index (χ2v) is 10.9. The van der Waals surface area contributed by atoms with Crippen molar-refractivity contribution in [2.24, 2.45) is 0 Å². The molecular weight excluding hydrogens is 537 g/mol. The van der Waals surface area contributed by atoms with Gasteiger partial charge < -0.3 is 24.8 Å². The second kappa shape index (κ2) is 10.4. The molecular formula is C27H28Cl2F2N4O3. The number of methoxy groups -OCH3 is 1. The Balaban J connectivity index is 1.60. The summed E-state index contributed by atoms with van der Waals surface area (Å²) < 4.78 is 37.3. The summed E-state index contributed by atoms with van der Waals surface area (Å²) in [7, 11) is 1.40. The molecule has 11 heteroatoms. The lowest BCUT2D eigenvalue weighted by Gasteiger charge is -2.38. The lowest BCUT2D eigenvalue weighted by Crippen LogP contribution is -2.54. The molecule has 7 nitrogen and oxygen atoms in total. The fourth-order valence-electron chi connectivity index (χ4n) is 5.24. The van der Waals surface area contributed by atoms with Gasteiger partial charge >= 0.3 is 0 Å². The average Bonchev–Trinajstić information content (AvgIpc) is 3.58. The highest BCUT2D eigenvalue weighted by Gasteiger charge is 2.41. The molecule has 2 heterocycles. The molecule has 4 atom stereocenters. The van der Waals surface area contributed by atoms with Gasteiger partial charge in [0.1, 0.15) is 17.4 Å². The van der Waals surface area contributed by atoms with Crippen LogP contribution in [0.5, 0.6) is 5.75 Å². The molecule has 0 radical (unpaired) electrons. The molecule has 1 saturated carbocycles. The number of carbonyl (C=O) groups is 1. The first-order valence-corrected chi connectivity index (χ1v) is 13.2. The van der Waals surface area contributed by atoms with Crippen molar-refractivity contribution in [1.29, 1.82) is 0 Å². The van der Waals surface area contributed by atoms with Crippen molar-refractivity contribution in [3.8, 4) is 5.75 Å². The number of pyridine rings is 1. The zero-order chi connectivity index (χ0) is 27.3. The molecule has 2 aromatic carbocycles. The molecule has 38 heavy (non-hydrogen) atoms. The normalized spacial score (nSPS) is 23.0. The molecule has 1 aromatic heterocycles. The van der Waals surface area contributed by atoms with Gasteiger partial charge in [-0.3, -0.25) is 9.59 Å². The van der Waals surface area contributed by atoms with Gasteiger partial charge in [-0.05, 0) is 37.6 Å². The van der Waals surface area contributed by atoms with E-state index in [-0.39, 0.29) is 53.0 Å². The first-order valence-electron chi connectivity index (χ1n) is 12.4. The van der Waals surface area contributed by atoms with E-state index in [1.54, 1.807) is 22.8 Å². The second-order valence-electron chi connectivity index (χ2n) is 10.0. The van der Waals surface area contributed by atoms with Gasteiger partial charge in [0.05, 0.1) is 24.1 Å². The van der Waals surface area contributed by atoms with Crippen molar-refractivity contribution in [3.05, 3.63) is 67.7 Å². The molecule has 2 aliphatic rings. The Morgan fingerprint density at radius 3 is 2.50 bits per heavy atom. The van der Waals surface area contributed by atoms with Gasteiger partial charge in [-0.2, -0.15) is 0 Å². The van der Waals surface area contributed by atoms with Crippen molar-refractivity contribution in [2.75, 3.05) is 25.1 Å². The summed E-state index contributed by atoms with van der Waals surface area (Å²) >= 11 is 12.1. The summed E-state index contributed by atoms with van der Waals surface area (Å²) in [5, 5.41) is 6.86. The molecule has 2 N–H and O–H groups in total. The number of nitrogens with zero attached hydrogens (tertiary/aromatic N) is 2. The number of aromatic nitrogens is 1. The number of alkyl halides is 1. The first-order chi connectivity index (χ1) is 18.1. The third-order valence-electron chi connectivity index (χ3n) is 7.01. The highest BCUT2D eigenvalue weighted by Crippen LogP contribution is 2.45. The van der Waals surface area contributed by atoms with Crippen LogP contribution in [-0.2, 0) is 6.54 Å². The van der Waals surface area contributed by atoms with Gasteiger partial charge in [-0.1, -0.05) is 29.3 Å². The fraction of sp³-hybridized carbons (Fsp3) is 0.407. The average molecular weight is 565 g/mol. The van der Waals surface area contributed by atoms with E-state index in [9.17, 15) is 14.0 Å². The minimum atomic E-state index is -1.15. The standard InChI is InChI=1S/C27H28Cl2F2N4O3/c1-13-10-34(11-14(2)33-13)24-21(31)7-17-23(26(24)38-3)35(22-8-20(22)30)12-18(25(17)36)27(37)32-9-15-4-5-16(28)6-19(15)29/h4-7,12-14,20,22,33H,8-11H2,1-3H3,(H,32,37)/t13?,14?,20-,22+/m0/s1. The summed E-state index contributed by atoms with van der Waals surface area (Å²) in [6.07, 6.45) is 0.416. The molecule has 0 spiro atoms. The van der Waals surface area contributed by atoms with E-state index in [0.29, 0.717) is 28.7 Å². The van der Waals surface area contributed by atoms with E-state index in [0.717, 1.165) is 6.07 Å². The van der Waals surface area contributed by atoms with Crippen LogP contribution in [0.4, 0.5) is 14.5 Å². The van der Waals surface area contributed by atoms with Gasteiger partial charge in [-0.25, -0.2) is 8.78 Å². The highest BCUT2D eigenvalue weighted by molar-refractivity contribution is 6.35. The number of hydrogen-bond acceptors (Lipinski definition) is 5. The van der Waals surface area contributed by atoms with E-state index in [1.165, 1.54) is 13.3 Å². The van der Waals surface area contributed by atoms with Gasteiger partial charge in [0.25, 0.3) is 5.91 Å². The van der Waals surface area contributed by atoms with Crippen LogP contribution in [0.25, 0.3) is 10.9 Å². The maximum atomic E-state index is 15.7. The molecule has 0 bridgehead atoms. The number of amides is 1. The lowest BCUT2D eigenvalue weighted by molar-refractivity contribution is 0.0949. The summed E-state index contributed by atoms with van der Waals surface area (Å²) in [5.74, 6) is -1.17. The Kier molecular flexibility index (Phi) is 7.28. The van der Waals surface area contributed by atoms with Gasteiger partial charge in [0, 0.05) is 54.4 Å². The Bertz CT molecular complexity index is 1470. The van der Waals surface area contributed by atoms with Crippen molar-refractivity contribution in [2.45, 2.75) is 51.1 Å². The Hall–Kier alpha value is -2.88. The van der Waals surface area contributed by atoms with E-state index < -0.39 is 29.4 Å². The van der Waals surface area contributed by atoms with Crippen LogP contribution < -0.4 is 25.7 Å².